The van der Waals surface area contributed by atoms with Crippen molar-refractivity contribution < 1.29 is 19.1 Å². The number of rotatable bonds is 3. The molecule has 1 aromatic rings. The number of ether oxygens (including phenoxy) is 1. The number of para-hydroxylation sites is 2. The average Bonchev–Trinajstić information content (AvgIpc) is 2.70. The van der Waals surface area contributed by atoms with Gasteiger partial charge in [-0.25, -0.2) is 9.69 Å². The first-order valence-electron chi connectivity index (χ1n) is 5.53. The molecule has 0 N–H and O–H groups in total. The van der Waals surface area contributed by atoms with E-state index in [4.69, 9.17) is 4.74 Å². The van der Waals surface area contributed by atoms with Crippen molar-refractivity contribution >= 4 is 23.5 Å². The Bertz CT molecular complexity index is 598. The van der Waals surface area contributed by atoms with Crippen LogP contribution in [0.1, 0.15) is 6.92 Å². The van der Waals surface area contributed by atoms with Crippen molar-refractivity contribution in [3.63, 3.8) is 0 Å². The van der Waals surface area contributed by atoms with Gasteiger partial charge in [0, 0.05) is 17.7 Å². The second-order valence-electron chi connectivity index (χ2n) is 3.98. The highest BCUT2D eigenvalue weighted by Gasteiger charge is 2.28. The van der Waals surface area contributed by atoms with Gasteiger partial charge >= 0.3 is 5.97 Å². The molecule has 1 aliphatic rings. The Labute approximate surface area is 109 Å². The van der Waals surface area contributed by atoms with Gasteiger partial charge in [-0.3, -0.25) is 9.59 Å². The molecule has 0 spiro atoms. The highest BCUT2D eigenvalue weighted by Crippen LogP contribution is 2.30. The van der Waals surface area contributed by atoms with E-state index >= 15 is 0 Å². The Morgan fingerprint density at radius 3 is 2.32 bits per heavy atom. The molecule has 0 saturated carbocycles. The smallest absolute Gasteiger partial charge is 0.338 e. The molecule has 2 rings (SSSR count). The number of imide groups is 1. The lowest BCUT2D eigenvalue weighted by Gasteiger charge is -2.17. The summed E-state index contributed by atoms with van der Waals surface area (Å²) < 4.78 is 5.10. The minimum Gasteiger partial charge on any atom is -0.421 e. The summed E-state index contributed by atoms with van der Waals surface area (Å²) in [5.41, 5.74) is 0.462. The van der Waals surface area contributed by atoms with Gasteiger partial charge in [0.05, 0.1) is 5.69 Å². The summed E-state index contributed by atoms with van der Waals surface area (Å²) in [5, 5.41) is 0. The molecule has 19 heavy (non-hydrogen) atoms. The highest BCUT2D eigenvalue weighted by molar-refractivity contribution is 6.28. The largest absolute Gasteiger partial charge is 0.421 e. The Balaban J connectivity index is 2.37. The molecule has 1 aliphatic heterocycles. The molecular weight excluding hydrogens is 246 g/mol. The molecule has 0 saturated heterocycles. The van der Waals surface area contributed by atoms with E-state index in [1.54, 1.807) is 12.1 Å². The SMILES string of the molecule is C=C(C)C(=O)Oc1ccccc1N1C(=O)C=CC1=O. The highest BCUT2D eigenvalue weighted by atomic mass is 16.5. The Hall–Kier alpha value is -2.69. The number of hydrogen-bond donors (Lipinski definition) is 0. The number of carbonyl (C=O) groups is 3. The average molecular weight is 257 g/mol. The normalized spacial score (nSPS) is 13.8. The summed E-state index contributed by atoms with van der Waals surface area (Å²) in [4.78, 5) is 35.7. The third-order valence-corrected chi connectivity index (χ3v) is 2.47. The Morgan fingerprint density at radius 1 is 1.16 bits per heavy atom. The van der Waals surface area contributed by atoms with Crippen molar-refractivity contribution in [1.29, 1.82) is 0 Å². The van der Waals surface area contributed by atoms with Gasteiger partial charge in [-0.05, 0) is 19.1 Å². The first-order chi connectivity index (χ1) is 9.00. The molecule has 0 aromatic heterocycles. The summed E-state index contributed by atoms with van der Waals surface area (Å²) >= 11 is 0. The van der Waals surface area contributed by atoms with Crippen LogP contribution in [-0.4, -0.2) is 17.8 Å². The summed E-state index contributed by atoms with van der Waals surface area (Å²) in [6, 6.07) is 6.33. The molecule has 0 atom stereocenters. The van der Waals surface area contributed by atoms with Crippen molar-refractivity contribution in [3.8, 4) is 5.75 Å². The fourth-order valence-corrected chi connectivity index (χ4v) is 1.55. The summed E-state index contributed by atoms with van der Waals surface area (Å²) in [6.07, 6.45) is 2.33. The molecule has 5 nitrogen and oxygen atoms in total. The van der Waals surface area contributed by atoms with E-state index in [1.165, 1.54) is 31.2 Å². The summed E-state index contributed by atoms with van der Waals surface area (Å²) in [5.74, 6) is -1.41. The zero-order chi connectivity index (χ0) is 14.0. The number of anilines is 1. The first kappa shape index (κ1) is 12.8. The number of esters is 1. The van der Waals surface area contributed by atoms with Crippen LogP contribution in [0, 0.1) is 0 Å². The van der Waals surface area contributed by atoms with Crippen molar-refractivity contribution in [2.24, 2.45) is 0 Å². The van der Waals surface area contributed by atoms with Gasteiger partial charge in [-0.15, -0.1) is 0 Å². The van der Waals surface area contributed by atoms with Crippen molar-refractivity contribution in [2.45, 2.75) is 6.92 Å². The fourth-order valence-electron chi connectivity index (χ4n) is 1.55. The molecule has 1 heterocycles. The minimum absolute atomic E-state index is 0.140. The van der Waals surface area contributed by atoms with E-state index < -0.39 is 17.8 Å². The van der Waals surface area contributed by atoms with Gasteiger partial charge in [-0.2, -0.15) is 0 Å². The van der Waals surface area contributed by atoms with Crippen LogP contribution in [0.2, 0.25) is 0 Å². The standard InChI is InChI=1S/C14H11NO4/c1-9(2)14(18)19-11-6-4-3-5-10(11)15-12(16)7-8-13(15)17/h3-8H,1H2,2H3. The van der Waals surface area contributed by atoms with Crippen LogP contribution in [0.15, 0.2) is 48.6 Å². The van der Waals surface area contributed by atoms with Crippen LogP contribution in [0.5, 0.6) is 5.75 Å². The van der Waals surface area contributed by atoms with Crippen molar-refractivity contribution in [3.05, 3.63) is 48.6 Å². The number of hydrogen-bond acceptors (Lipinski definition) is 4. The van der Waals surface area contributed by atoms with Gasteiger partial charge in [0.25, 0.3) is 11.8 Å². The lowest BCUT2D eigenvalue weighted by Crippen LogP contribution is -2.30. The van der Waals surface area contributed by atoms with Gasteiger partial charge in [0.1, 0.15) is 0 Å². The maximum Gasteiger partial charge on any atom is 0.338 e. The maximum atomic E-state index is 11.6. The molecule has 96 valence electrons. The monoisotopic (exact) mass is 257 g/mol. The molecule has 2 amide bonds. The predicted molar refractivity (Wildman–Crippen MR) is 68.5 cm³/mol. The summed E-state index contributed by atoms with van der Waals surface area (Å²) in [6.45, 7) is 4.99. The first-order valence-corrected chi connectivity index (χ1v) is 5.53. The zero-order valence-electron chi connectivity index (χ0n) is 10.3. The minimum atomic E-state index is -0.612. The van der Waals surface area contributed by atoms with Gasteiger partial charge in [-0.1, -0.05) is 18.7 Å². The topological polar surface area (TPSA) is 63.7 Å². The number of carbonyl (C=O) groups excluding carboxylic acids is 3. The van der Waals surface area contributed by atoms with Gasteiger partial charge < -0.3 is 4.74 Å². The zero-order valence-corrected chi connectivity index (χ0v) is 10.3. The Kier molecular flexibility index (Phi) is 3.29. The summed E-state index contributed by atoms with van der Waals surface area (Å²) in [7, 11) is 0. The molecule has 0 bridgehead atoms. The van der Waals surface area contributed by atoms with Crippen LogP contribution in [0.4, 0.5) is 5.69 Å². The second-order valence-corrected chi connectivity index (χ2v) is 3.98. The van der Waals surface area contributed by atoms with Crippen molar-refractivity contribution in [1.82, 2.24) is 0 Å². The van der Waals surface area contributed by atoms with E-state index in [1.807, 2.05) is 0 Å². The third-order valence-electron chi connectivity index (χ3n) is 2.47. The van der Waals surface area contributed by atoms with E-state index in [2.05, 4.69) is 6.58 Å². The molecule has 0 unspecified atom stereocenters. The molecule has 1 aromatic carbocycles. The Morgan fingerprint density at radius 2 is 1.74 bits per heavy atom. The number of amides is 2. The molecule has 0 fully saturated rings. The van der Waals surface area contributed by atoms with E-state index in [9.17, 15) is 14.4 Å². The fraction of sp³-hybridized carbons (Fsp3) is 0.0714. The molecule has 0 aliphatic carbocycles. The molecular formula is C14H11NO4. The maximum absolute atomic E-state index is 11.6. The van der Waals surface area contributed by atoms with Crippen LogP contribution < -0.4 is 9.64 Å². The lowest BCUT2D eigenvalue weighted by molar-refractivity contribution is -0.130. The predicted octanol–water partition coefficient (Wildman–Crippen LogP) is 1.60. The van der Waals surface area contributed by atoms with Crippen LogP contribution in [0.3, 0.4) is 0 Å². The number of nitrogens with zero attached hydrogens (tertiary/aromatic N) is 1. The van der Waals surface area contributed by atoms with Gasteiger partial charge in [0.2, 0.25) is 0 Å². The van der Waals surface area contributed by atoms with E-state index in [0.717, 1.165) is 4.90 Å². The van der Waals surface area contributed by atoms with E-state index in [-0.39, 0.29) is 17.0 Å². The van der Waals surface area contributed by atoms with Crippen molar-refractivity contribution in [2.75, 3.05) is 4.90 Å². The molecule has 0 radical (unpaired) electrons. The van der Waals surface area contributed by atoms with Crippen LogP contribution in [-0.2, 0) is 14.4 Å². The second kappa shape index (κ2) is 4.89. The third kappa shape index (κ3) is 2.44. The van der Waals surface area contributed by atoms with Crippen LogP contribution >= 0.6 is 0 Å². The molecule has 5 heteroatoms. The van der Waals surface area contributed by atoms with Crippen LogP contribution in [0.25, 0.3) is 0 Å². The number of benzene rings is 1. The lowest BCUT2D eigenvalue weighted by atomic mass is 10.2. The quantitative estimate of drug-likeness (QED) is 0.357. The van der Waals surface area contributed by atoms with E-state index in [0.29, 0.717) is 0 Å². The van der Waals surface area contributed by atoms with Gasteiger partial charge in [0.15, 0.2) is 5.75 Å².